The first kappa shape index (κ1) is 15.6. The number of methoxy groups -OCH3 is 1. The lowest BCUT2D eigenvalue weighted by atomic mass is 9.99. The van der Waals surface area contributed by atoms with Crippen LogP contribution in [0.2, 0.25) is 0 Å². The molecule has 1 aromatic heterocycles. The number of aromatic nitrogens is 1. The van der Waals surface area contributed by atoms with Gasteiger partial charge in [0.15, 0.2) is 5.82 Å². The van der Waals surface area contributed by atoms with Gasteiger partial charge in [0.2, 0.25) is 0 Å². The number of carbonyl (C=O) groups excluding carboxylic acids is 2. The van der Waals surface area contributed by atoms with Gasteiger partial charge < -0.3 is 20.1 Å². The minimum absolute atomic E-state index is 0.135. The summed E-state index contributed by atoms with van der Waals surface area (Å²) >= 11 is 1.15. The first-order valence-electron chi connectivity index (χ1n) is 6.74. The Bertz CT molecular complexity index is 546. The van der Waals surface area contributed by atoms with Gasteiger partial charge in [-0.2, -0.15) is 4.37 Å². The minimum atomic E-state index is -0.479. The zero-order valence-corrected chi connectivity index (χ0v) is 13.1. The number of nitrogen functional groups attached to an aromatic ring is 1. The second kappa shape index (κ2) is 6.30. The van der Waals surface area contributed by atoms with E-state index in [9.17, 15) is 9.59 Å². The van der Waals surface area contributed by atoms with E-state index in [1.165, 1.54) is 7.11 Å². The lowest BCUT2D eigenvalue weighted by Crippen LogP contribution is -2.25. The van der Waals surface area contributed by atoms with Gasteiger partial charge >= 0.3 is 11.9 Å². The Labute approximate surface area is 127 Å². The zero-order chi connectivity index (χ0) is 15.6. The van der Waals surface area contributed by atoms with Crippen LogP contribution in [0.1, 0.15) is 24.2 Å². The highest BCUT2D eigenvalue weighted by molar-refractivity contribution is 7.11. The van der Waals surface area contributed by atoms with E-state index in [-0.39, 0.29) is 30.2 Å². The molecule has 1 aliphatic heterocycles. The molecule has 1 aromatic rings. The van der Waals surface area contributed by atoms with Crippen LogP contribution in [0.4, 0.5) is 10.8 Å². The second-order valence-corrected chi connectivity index (χ2v) is 5.73. The fraction of sp³-hybridized carbons (Fsp3) is 0.615. The SMILES string of the molecule is CCOC(=O)c1c(N)nsc1N1CC(C)C(C(=O)OC)C1. The van der Waals surface area contributed by atoms with E-state index >= 15 is 0 Å². The molecule has 2 heterocycles. The number of hydrogen-bond donors (Lipinski definition) is 1. The maximum Gasteiger partial charge on any atom is 0.345 e. The third-order valence-electron chi connectivity index (χ3n) is 3.58. The van der Waals surface area contributed by atoms with E-state index in [0.29, 0.717) is 23.7 Å². The molecule has 8 heteroatoms. The molecule has 2 rings (SSSR count). The van der Waals surface area contributed by atoms with Crippen LogP contribution in [-0.4, -0.2) is 43.1 Å². The molecular weight excluding hydrogens is 294 g/mol. The van der Waals surface area contributed by atoms with Crippen LogP contribution in [0.25, 0.3) is 0 Å². The summed E-state index contributed by atoms with van der Waals surface area (Å²) in [6, 6.07) is 0. The molecule has 0 amide bonds. The molecule has 2 N–H and O–H groups in total. The third kappa shape index (κ3) is 2.94. The molecular formula is C13H19N3O4S. The molecule has 0 spiro atoms. The predicted octanol–water partition coefficient (Wildman–Crippen LogP) is 1.15. The maximum absolute atomic E-state index is 12.0. The van der Waals surface area contributed by atoms with Crippen LogP contribution >= 0.6 is 11.5 Å². The normalized spacial score (nSPS) is 21.4. The third-order valence-corrected chi connectivity index (χ3v) is 4.51. The van der Waals surface area contributed by atoms with E-state index in [0.717, 1.165) is 11.5 Å². The highest BCUT2D eigenvalue weighted by Gasteiger charge is 2.38. The van der Waals surface area contributed by atoms with Gasteiger partial charge in [0.1, 0.15) is 10.6 Å². The molecule has 116 valence electrons. The van der Waals surface area contributed by atoms with E-state index in [2.05, 4.69) is 4.37 Å². The van der Waals surface area contributed by atoms with Gasteiger partial charge in [-0.25, -0.2) is 4.79 Å². The summed E-state index contributed by atoms with van der Waals surface area (Å²) in [6.07, 6.45) is 0. The average molecular weight is 313 g/mol. The van der Waals surface area contributed by atoms with Crippen molar-refractivity contribution in [2.75, 3.05) is 37.4 Å². The van der Waals surface area contributed by atoms with Crippen molar-refractivity contribution in [3.63, 3.8) is 0 Å². The number of anilines is 2. The molecule has 2 unspecified atom stereocenters. The lowest BCUT2D eigenvalue weighted by Gasteiger charge is -2.17. The molecule has 2 atom stereocenters. The number of nitrogens with zero attached hydrogens (tertiary/aromatic N) is 2. The molecule has 0 aliphatic carbocycles. The Kier molecular flexibility index (Phi) is 4.66. The monoisotopic (exact) mass is 313 g/mol. The number of carbonyl (C=O) groups is 2. The second-order valence-electron chi connectivity index (χ2n) is 4.98. The van der Waals surface area contributed by atoms with Crippen LogP contribution in [0.5, 0.6) is 0 Å². The Morgan fingerprint density at radius 1 is 1.48 bits per heavy atom. The summed E-state index contributed by atoms with van der Waals surface area (Å²) in [4.78, 5) is 25.7. The van der Waals surface area contributed by atoms with Crippen molar-refractivity contribution in [3.8, 4) is 0 Å². The summed E-state index contributed by atoms with van der Waals surface area (Å²) < 4.78 is 13.9. The molecule has 1 fully saturated rings. The molecule has 21 heavy (non-hydrogen) atoms. The van der Waals surface area contributed by atoms with Crippen LogP contribution in [0.3, 0.4) is 0 Å². The standard InChI is InChI=1S/C13H19N3O4S/c1-4-20-13(18)9-10(14)15-21-11(9)16-5-7(2)8(6-16)12(17)19-3/h7-8H,4-6H2,1-3H3,(H2,14,15). The van der Waals surface area contributed by atoms with Crippen LogP contribution < -0.4 is 10.6 Å². The average Bonchev–Trinajstić information content (AvgIpc) is 3.01. The smallest absolute Gasteiger partial charge is 0.345 e. The van der Waals surface area contributed by atoms with Gasteiger partial charge in [0.25, 0.3) is 0 Å². The molecule has 0 radical (unpaired) electrons. The van der Waals surface area contributed by atoms with Gasteiger partial charge in [-0.15, -0.1) is 0 Å². The van der Waals surface area contributed by atoms with Crippen LogP contribution in [0.15, 0.2) is 0 Å². The number of rotatable bonds is 4. The Balaban J connectivity index is 2.24. The molecule has 1 saturated heterocycles. The van der Waals surface area contributed by atoms with Crippen molar-refractivity contribution in [1.29, 1.82) is 0 Å². The highest BCUT2D eigenvalue weighted by Crippen LogP contribution is 2.36. The minimum Gasteiger partial charge on any atom is -0.469 e. The molecule has 7 nitrogen and oxygen atoms in total. The van der Waals surface area contributed by atoms with Gasteiger partial charge in [0.05, 0.1) is 19.6 Å². The topological polar surface area (TPSA) is 94.8 Å². The highest BCUT2D eigenvalue weighted by atomic mass is 32.1. The van der Waals surface area contributed by atoms with E-state index in [4.69, 9.17) is 15.2 Å². The summed E-state index contributed by atoms with van der Waals surface area (Å²) in [7, 11) is 1.38. The summed E-state index contributed by atoms with van der Waals surface area (Å²) in [5, 5.41) is 0.657. The fourth-order valence-corrected chi connectivity index (χ4v) is 3.31. The number of hydrogen-bond acceptors (Lipinski definition) is 8. The summed E-state index contributed by atoms with van der Waals surface area (Å²) in [5.41, 5.74) is 6.07. The van der Waals surface area contributed by atoms with E-state index < -0.39 is 5.97 Å². The van der Waals surface area contributed by atoms with Gasteiger partial charge in [0, 0.05) is 13.1 Å². The fourth-order valence-electron chi connectivity index (χ4n) is 2.50. The number of esters is 2. The van der Waals surface area contributed by atoms with Crippen molar-refractivity contribution in [2.24, 2.45) is 11.8 Å². The van der Waals surface area contributed by atoms with Gasteiger partial charge in [-0.05, 0) is 24.4 Å². The first-order valence-corrected chi connectivity index (χ1v) is 7.51. The van der Waals surface area contributed by atoms with Crippen molar-refractivity contribution < 1.29 is 19.1 Å². The number of ether oxygens (including phenoxy) is 2. The first-order chi connectivity index (χ1) is 9.99. The number of nitrogens with two attached hydrogens (primary N) is 1. The van der Waals surface area contributed by atoms with Gasteiger partial charge in [-0.3, -0.25) is 4.79 Å². The van der Waals surface area contributed by atoms with Crippen molar-refractivity contribution in [1.82, 2.24) is 4.37 Å². The van der Waals surface area contributed by atoms with Crippen LogP contribution in [0, 0.1) is 11.8 Å². The molecule has 0 bridgehead atoms. The lowest BCUT2D eigenvalue weighted by molar-refractivity contribution is -0.145. The van der Waals surface area contributed by atoms with E-state index in [1.54, 1.807) is 6.92 Å². The summed E-state index contributed by atoms with van der Waals surface area (Å²) in [6.45, 7) is 5.12. The molecule has 0 saturated carbocycles. The van der Waals surface area contributed by atoms with Crippen molar-refractivity contribution >= 4 is 34.3 Å². The van der Waals surface area contributed by atoms with E-state index in [1.807, 2.05) is 11.8 Å². The molecule has 1 aliphatic rings. The van der Waals surface area contributed by atoms with Gasteiger partial charge in [-0.1, -0.05) is 6.92 Å². The van der Waals surface area contributed by atoms with Crippen LogP contribution in [-0.2, 0) is 14.3 Å². The Hall–Kier alpha value is -1.83. The Morgan fingerprint density at radius 2 is 2.19 bits per heavy atom. The van der Waals surface area contributed by atoms with Crippen molar-refractivity contribution in [3.05, 3.63) is 5.56 Å². The predicted molar refractivity (Wildman–Crippen MR) is 79.4 cm³/mol. The maximum atomic E-state index is 12.0. The molecule has 0 aromatic carbocycles. The largest absolute Gasteiger partial charge is 0.469 e. The quantitative estimate of drug-likeness (QED) is 0.833. The Morgan fingerprint density at radius 3 is 2.81 bits per heavy atom. The zero-order valence-electron chi connectivity index (χ0n) is 12.3. The van der Waals surface area contributed by atoms with Crippen molar-refractivity contribution in [2.45, 2.75) is 13.8 Å². The summed E-state index contributed by atoms with van der Waals surface area (Å²) in [5.74, 6) is -0.625.